The Balaban J connectivity index is 1.97. The molecule has 158 valence electrons. The van der Waals surface area contributed by atoms with Crippen LogP contribution in [-0.4, -0.2) is 38.3 Å². The van der Waals surface area contributed by atoms with Crippen molar-refractivity contribution in [2.45, 2.75) is 31.3 Å². The topological polar surface area (TPSA) is 66.5 Å². The Kier molecular flexibility index (Phi) is 7.43. The van der Waals surface area contributed by atoms with Gasteiger partial charge in [-0.05, 0) is 42.3 Å². The summed E-state index contributed by atoms with van der Waals surface area (Å²) in [6.07, 6.45) is -4.10. The van der Waals surface area contributed by atoms with Gasteiger partial charge in [0.15, 0.2) is 0 Å². The van der Waals surface area contributed by atoms with Crippen LogP contribution in [-0.2, 0) is 22.6 Å². The molecular weight excluding hydrogens is 405 g/mol. The molecule has 0 unspecified atom stereocenters. The van der Waals surface area contributed by atoms with Gasteiger partial charge in [0.05, 0.1) is 10.5 Å². The van der Waals surface area contributed by atoms with Crippen molar-refractivity contribution in [2.75, 3.05) is 19.6 Å². The molecule has 2 aromatic carbocycles. The van der Waals surface area contributed by atoms with Gasteiger partial charge in [0.25, 0.3) is 5.91 Å². The first kappa shape index (κ1) is 22.9. The zero-order valence-electron chi connectivity index (χ0n) is 16.2. The molecular formula is C20H23F3N2O3S. The summed E-state index contributed by atoms with van der Waals surface area (Å²) in [7, 11) is -3.53. The van der Waals surface area contributed by atoms with Gasteiger partial charge >= 0.3 is 6.18 Å². The summed E-state index contributed by atoms with van der Waals surface area (Å²) < 4.78 is 64.5. The Labute approximate surface area is 168 Å². The second kappa shape index (κ2) is 9.41. The van der Waals surface area contributed by atoms with E-state index in [1.54, 1.807) is 26.0 Å². The lowest BCUT2D eigenvalue weighted by molar-refractivity contribution is -0.137. The second-order valence-corrected chi connectivity index (χ2v) is 8.26. The van der Waals surface area contributed by atoms with Gasteiger partial charge in [0, 0.05) is 25.2 Å². The monoisotopic (exact) mass is 428 g/mol. The predicted molar refractivity (Wildman–Crippen MR) is 104 cm³/mol. The van der Waals surface area contributed by atoms with E-state index in [4.69, 9.17) is 0 Å². The second-order valence-electron chi connectivity index (χ2n) is 6.32. The van der Waals surface area contributed by atoms with Crippen molar-refractivity contribution in [1.82, 2.24) is 9.62 Å². The molecule has 0 saturated heterocycles. The quantitative estimate of drug-likeness (QED) is 0.697. The fourth-order valence-electron chi connectivity index (χ4n) is 2.80. The first-order chi connectivity index (χ1) is 13.6. The van der Waals surface area contributed by atoms with Crippen LogP contribution in [0.5, 0.6) is 0 Å². The van der Waals surface area contributed by atoms with Gasteiger partial charge in [-0.1, -0.05) is 32.0 Å². The largest absolute Gasteiger partial charge is 0.416 e. The van der Waals surface area contributed by atoms with Gasteiger partial charge in [0.1, 0.15) is 0 Å². The van der Waals surface area contributed by atoms with Gasteiger partial charge in [-0.2, -0.15) is 17.5 Å². The van der Waals surface area contributed by atoms with E-state index in [-0.39, 0.29) is 17.0 Å². The number of amides is 1. The fourth-order valence-corrected chi connectivity index (χ4v) is 4.26. The van der Waals surface area contributed by atoms with E-state index in [0.29, 0.717) is 19.5 Å². The molecule has 5 nitrogen and oxygen atoms in total. The fraction of sp³-hybridized carbons (Fsp3) is 0.350. The van der Waals surface area contributed by atoms with Crippen molar-refractivity contribution in [3.8, 4) is 0 Å². The van der Waals surface area contributed by atoms with E-state index in [1.165, 1.54) is 28.6 Å². The average molecular weight is 428 g/mol. The van der Waals surface area contributed by atoms with E-state index in [9.17, 15) is 26.4 Å². The van der Waals surface area contributed by atoms with Crippen molar-refractivity contribution >= 4 is 15.9 Å². The van der Waals surface area contributed by atoms with Crippen molar-refractivity contribution in [2.24, 2.45) is 0 Å². The minimum absolute atomic E-state index is 0.0690. The van der Waals surface area contributed by atoms with Crippen molar-refractivity contribution in [3.63, 3.8) is 0 Å². The summed E-state index contributed by atoms with van der Waals surface area (Å²) in [4.78, 5) is 12.3. The third kappa shape index (κ3) is 5.80. The van der Waals surface area contributed by atoms with Gasteiger partial charge in [-0.15, -0.1) is 0 Å². The first-order valence-corrected chi connectivity index (χ1v) is 10.6. The molecule has 0 bridgehead atoms. The third-order valence-corrected chi connectivity index (χ3v) is 6.48. The molecule has 0 aliphatic carbocycles. The van der Waals surface area contributed by atoms with E-state index in [1.807, 2.05) is 0 Å². The number of benzene rings is 2. The summed E-state index contributed by atoms with van der Waals surface area (Å²) in [6.45, 7) is 4.49. The number of nitrogens with zero attached hydrogens (tertiary/aromatic N) is 1. The van der Waals surface area contributed by atoms with Gasteiger partial charge in [-0.3, -0.25) is 4.79 Å². The molecule has 0 fully saturated rings. The van der Waals surface area contributed by atoms with Crippen LogP contribution < -0.4 is 5.32 Å². The molecule has 29 heavy (non-hydrogen) atoms. The average Bonchev–Trinajstić information content (AvgIpc) is 2.68. The number of halogens is 3. The number of alkyl halides is 3. The van der Waals surface area contributed by atoms with Crippen LogP contribution in [0.25, 0.3) is 0 Å². The normalized spacial score (nSPS) is 12.2. The van der Waals surface area contributed by atoms with Crippen LogP contribution >= 0.6 is 0 Å². The molecule has 1 N–H and O–H groups in total. The highest BCUT2D eigenvalue weighted by Gasteiger charge is 2.30. The van der Waals surface area contributed by atoms with Crippen LogP contribution in [0.1, 0.15) is 35.3 Å². The number of nitrogens with one attached hydrogen (secondary N) is 1. The molecule has 0 aliphatic heterocycles. The number of sulfonamides is 1. The Hall–Kier alpha value is -2.39. The Morgan fingerprint density at radius 1 is 1.03 bits per heavy atom. The molecule has 9 heteroatoms. The first-order valence-electron chi connectivity index (χ1n) is 9.14. The predicted octanol–water partition coefficient (Wildman–Crippen LogP) is 3.71. The smallest absolute Gasteiger partial charge is 0.352 e. The summed E-state index contributed by atoms with van der Waals surface area (Å²) in [5, 5.41) is 2.57. The van der Waals surface area contributed by atoms with Gasteiger partial charge < -0.3 is 5.32 Å². The highest BCUT2D eigenvalue weighted by atomic mass is 32.2. The molecule has 0 aromatic heterocycles. The van der Waals surface area contributed by atoms with Crippen molar-refractivity contribution in [1.29, 1.82) is 0 Å². The lowest BCUT2D eigenvalue weighted by Crippen LogP contribution is -2.30. The summed E-state index contributed by atoms with van der Waals surface area (Å²) >= 11 is 0. The van der Waals surface area contributed by atoms with Crippen LogP contribution in [0.3, 0.4) is 0 Å². The molecule has 2 aromatic rings. The molecule has 2 rings (SSSR count). The standard InChI is InChI=1S/C20H23F3N2O3S/c1-3-25(4-2)29(27,28)18-10-8-15(9-11-18)12-13-24-19(26)16-6-5-7-17(14-16)20(21,22)23/h5-11,14H,3-4,12-13H2,1-2H3,(H,24,26). The maximum atomic E-state index is 12.7. The lowest BCUT2D eigenvalue weighted by atomic mass is 10.1. The minimum atomic E-state index is -4.51. The number of hydrogen-bond acceptors (Lipinski definition) is 3. The Bertz CT molecular complexity index is 938. The van der Waals surface area contributed by atoms with E-state index < -0.39 is 27.7 Å². The lowest BCUT2D eigenvalue weighted by Gasteiger charge is -2.18. The highest BCUT2D eigenvalue weighted by molar-refractivity contribution is 7.89. The minimum Gasteiger partial charge on any atom is -0.352 e. The molecule has 0 radical (unpaired) electrons. The molecule has 0 aliphatic rings. The van der Waals surface area contributed by atoms with Gasteiger partial charge in [0.2, 0.25) is 10.0 Å². The maximum absolute atomic E-state index is 12.7. The number of rotatable bonds is 8. The number of carbonyl (C=O) groups excluding carboxylic acids is 1. The van der Waals surface area contributed by atoms with E-state index in [2.05, 4.69) is 5.32 Å². The molecule has 0 atom stereocenters. The van der Waals surface area contributed by atoms with Crippen LogP contribution in [0.15, 0.2) is 53.4 Å². The number of carbonyl (C=O) groups is 1. The third-order valence-electron chi connectivity index (χ3n) is 4.42. The molecule has 0 heterocycles. The van der Waals surface area contributed by atoms with Crippen molar-refractivity contribution in [3.05, 3.63) is 65.2 Å². The summed E-state index contributed by atoms with van der Waals surface area (Å²) in [5.74, 6) is -0.600. The highest BCUT2D eigenvalue weighted by Crippen LogP contribution is 2.29. The van der Waals surface area contributed by atoms with Crippen LogP contribution in [0.4, 0.5) is 13.2 Å². The Morgan fingerprint density at radius 2 is 1.66 bits per heavy atom. The SMILES string of the molecule is CCN(CC)S(=O)(=O)c1ccc(CCNC(=O)c2cccc(C(F)(F)F)c2)cc1. The van der Waals surface area contributed by atoms with Crippen LogP contribution in [0.2, 0.25) is 0 Å². The summed E-state index contributed by atoms with van der Waals surface area (Å²) in [6, 6.07) is 10.6. The maximum Gasteiger partial charge on any atom is 0.416 e. The summed E-state index contributed by atoms with van der Waals surface area (Å²) in [5.41, 5.74) is -0.150. The van der Waals surface area contributed by atoms with Crippen LogP contribution in [0, 0.1) is 0 Å². The molecule has 1 amide bonds. The van der Waals surface area contributed by atoms with E-state index in [0.717, 1.165) is 17.7 Å². The molecule has 0 spiro atoms. The number of hydrogen-bond donors (Lipinski definition) is 1. The van der Waals surface area contributed by atoms with E-state index >= 15 is 0 Å². The van der Waals surface area contributed by atoms with Crippen molar-refractivity contribution < 1.29 is 26.4 Å². The zero-order chi connectivity index (χ0) is 21.7. The zero-order valence-corrected chi connectivity index (χ0v) is 17.0. The molecule has 0 saturated carbocycles. The Morgan fingerprint density at radius 3 is 2.21 bits per heavy atom. The van der Waals surface area contributed by atoms with Gasteiger partial charge in [-0.25, -0.2) is 8.42 Å².